The first-order valence-corrected chi connectivity index (χ1v) is 8.32. The summed E-state index contributed by atoms with van der Waals surface area (Å²) in [6, 6.07) is 7.87. The van der Waals surface area contributed by atoms with E-state index in [4.69, 9.17) is 13.9 Å². The molecule has 1 fully saturated rings. The highest BCUT2D eigenvalue weighted by atomic mass is 32.2. The van der Waals surface area contributed by atoms with Gasteiger partial charge in [-0.3, -0.25) is 0 Å². The van der Waals surface area contributed by atoms with E-state index in [1.165, 1.54) is 6.42 Å². The highest BCUT2D eigenvalue weighted by Crippen LogP contribution is 2.36. The van der Waals surface area contributed by atoms with Crippen molar-refractivity contribution < 1.29 is 13.9 Å². The minimum Gasteiger partial charge on any atom is -0.496 e. The Kier molecular flexibility index (Phi) is 5.00. The summed E-state index contributed by atoms with van der Waals surface area (Å²) in [7, 11) is 3.43. The fraction of sp³-hybridized carbons (Fsp3) is 0.500. The van der Waals surface area contributed by atoms with E-state index in [1.54, 1.807) is 26.0 Å². The molecule has 2 aromatic rings. The zero-order valence-corrected chi connectivity index (χ0v) is 13.6. The van der Waals surface area contributed by atoms with Gasteiger partial charge in [0, 0.05) is 17.9 Å². The van der Waals surface area contributed by atoms with E-state index in [1.807, 2.05) is 24.3 Å². The number of hydrogen-bond acceptors (Lipinski definition) is 6. The summed E-state index contributed by atoms with van der Waals surface area (Å²) in [6.07, 6.45) is 4.30. The summed E-state index contributed by atoms with van der Waals surface area (Å²) in [4.78, 5) is 0. The van der Waals surface area contributed by atoms with Gasteiger partial charge >= 0.3 is 0 Å². The Balaban J connectivity index is 1.66. The number of ether oxygens (including phenoxy) is 2. The monoisotopic (exact) mass is 320 g/mol. The molecule has 0 N–H and O–H groups in total. The predicted molar refractivity (Wildman–Crippen MR) is 84.4 cm³/mol. The molecule has 1 heterocycles. The van der Waals surface area contributed by atoms with Crippen LogP contribution >= 0.6 is 11.8 Å². The van der Waals surface area contributed by atoms with Crippen molar-refractivity contribution in [1.29, 1.82) is 0 Å². The van der Waals surface area contributed by atoms with E-state index in [-0.39, 0.29) is 6.10 Å². The number of methoxy groups -OCH3 is 2. The molecule has 0 bridgehead atoms. The lowest BCUT2D eigenvalue weighted by atomic mass is 10.1. The highest BCUT2D eigenvalue weighted by Gasteiger charge is 2.29. The molecule has 118 valence electrons. The molecule has 0 radical (unpaired) electrons. The standard InChI is InChI=1S/C16H20N2O3S/c1-19-12-7-4-3-6-11(12)10-15-17-18-16(21-15)22-14-9-5-8-13(14)20-2/h3-4,6-7,13-14H,5,8-10H2,1-2H3/t13-,14+/m0/s1. The van der Waals surface area contributed by atoms with Gasteiger partial charge in [0.15, 0.2) is 0 Å². The second-order valence-electron chi connectivity index (χ2n) is 5.31. The van der Waals surface area contributed by atoms with Crippen LogP contribution in [-0.4, -0.2) is 35.8 Å². The minimum absolute atomic E-state index is 0.287. The van der Waals surface area contributed by atoms with Crippen molar-refractivity contribution in [3.63, 3.8) is 0 Å². The lowest BCUT2D eigenvalue weighted by molar-refractivity contribution is 0.113. The molecule has 6 heteroatoms. The fourth-order valence-corrected chi connectivity index (χ4v) is 3.97. The minimum atomic E-state index is 0.287. The van der Waals surface area contributed by atoms with E-state index in [0.717, 1.165) is 24.2 Å². The van der Waals surface area contributed by atoms with Gasteiger partial charge in [0.2, 0.25) is 5.89 Å². The van der Waals surface area contributed by atoms with Gasteiger partial charge in [0.05, 0.1) is 19.6 Å². The smallest absolute Gasteiger partial charge is 0.276 e. The van der Waals surface area contributed by atoms with E-state index in [0.29, 0.717) is 22.8 Å². The van der Waals surface area contributed by atoms with E-state index < -0.39 is 0 Å². The lowest BCUT2D eigenvalue weighted by Crippen LogP contribution is -2.18. The number of benzene rings is 1. The molecule has 1 aliphatic carbocycles. The third-order valence-corrected chi connectivity index (χ3v) is 5.14. The zero-order chi connectivity index (χ0) is 15.4. The number of thioether (sulfide) groups is 1. The van der Waals surface area contributed by atoms with Crippen LogP contribution in [0.1, 0.15) is 30.7 Å². The Hall–Kier alpha value is -1.53. The van der Waals surface area contributed by atoms with Crippen LogP contribution in [0.5, 0.6) is 5.75 Å². The van der Waals surface area contributed by atoms with Crippen molar-refractivity contribution in [2.24, 2.45) is 0 Å². The van der Waals surface area contributed by atoms with Gasteiger partial charge in [-0.25, -0.2) is 0 Å². The Morgan fingerprint density at radius 3 is 2.91 bits per heavy atom. The second kappa shape index (κ2) is 7.15. The molecule has 0 saturated heterocycles. The summed E-state index contributed by atoms with van der Waals surface area (Å²) in [5.74, 6) is 1.45. The highest BCUT2D eigenvalue weighted by molar-refractivity contribution is 7.99. The van der Waals surface area contributed by atoms with Crippen LogP contribution in [0.3, 0.4) is 0 Å². The Morgan fingerprint density at radius 2 is 2.09 bits per heavy atom. The van der Waals surface area contributed by atoms with E-state index in [9.17, 15) is 0 Å². The number of aromatic nitrogens is 2. The summed E-state index contributed by atoms with van der Waals surface area (Å²) in [6.45, 7) is 0. The van der Waals surface area contributed by atoms with Gasteiger partial charge < -0.3 is 13.9 Å². The first-order chi connectivity index (χ1) is 10.8. The molecule has 1 saturated carbocycles. The summed E-state index contributed by atoms with van der Waals surface area (Å²) in [5, 5.41) is 9.33. The maximum atomic E-state index is 5.77. The third-order valence-electron chi connectivity index (χ3n) is 3.93. The topological polar surface area (TPSA) is 57.4 Å². The molecule has 1 aromatic heterocycles. The van der Waals surface area contributed by atoms with Gasteiger partial charge in [-0.15, -0.1) is 10.2 Å². The number of hydrogen-bond donors (Lipinski definition) is 0. The molecule has 1 aliphatic rings. The Morgan fingerprint density at radius 1 is 1.23 bits per heavy atom. The van der Waals surface area contributed by atoms with Crippen LogP contribution < -0.4 is 4.74 Å². The third kappa shape index (κ3) is 3.44. The van der Waals surface area contributed by atoms with Crippen LogP contribution in [0.15, 0.2) is 33.9 Å². The van der Waals surface area contributed by atoms with Crippen LogP contribution in [-0.2, 0) is 11.2 Å². The number of rotatable bonds is 6. The molecule has 0 amide bonds. The van der Waals surface area contributed by atoms with Crippen molar-refractivity contribution >= 4 is 11.8 Å². The molecule has 3 rings (SSSR count). The number of para-hydroxylation sites is 1. The largest absolute Gasteiger partial charge is 0.496 e. The van der Waals surface area contributed by atoms with Crippen LogP contribution in [0.25, 0.3) is 0 Å². The van der Waals surface area contributed by atoms with E-state index >= 15 is 0 Å². The van der Waals surface area contributed by atoms with Gasteiger partial charge in [-0.2, -0.15) is 0 Å². The first kappa shape index (κ1) is 15.4. The zero-order valence-electron chi connectivity index (χ0n) is 12.8. The summed E-state index contributed by atoms with van der Waals surface area (Å²) in [5.41, 5.74) is 1.04. The Bertz CT molecular complexity index is 617. The molecule has 1 aromatic carbocycles. The first-order valence-electron chi connectivity index (χ1n) is 7.44. The molecule has 0 spiro atoms. The van der Waals surface area contributed by atoms with Crippen molar-refractivity contribution in [2.45, 2.75) is 42.3 Å². The van der Waals surface area contributed by atoms with Gasteiger partial charge in [0.1, 0.15) is 5.75 Å². The summed E-state index contributed by atoms with van der Waals surface area (Å²) >= 11 is 1.63. The fourth-order valence-electron chi connectivity index (χ4n) is 2.80. The SMILES string of the molecule is COc1ccccc1Cc1nnc(S[C@@H]2CCC[C@@H]2OC)o1. The van der Waals surface area contributed by atoms with Gasteiger partial charge in [-0.1, -0.05) is 30.0 Å². The van der Waals surface area contributed by atoms with Crippen LogP contribution in [0.2, 0.25) is 0 Å². The van der Waals surface area contributed by atoms with Crippen molar-refractivity contribution in [3.8, 4) is 5.75 Å². The molecule has 0 unspecified atom stereocenters. The molecular formula is C16H20N2O3S. The van der Waals surface area contributed by atoms with Crippen molar-refractivity contribution in [1.82, 2.24) is 10.2 Å². The molecule has 0 aliphatic heterocycles. The average Bonchev–Trinajstić information content (AvgIpc) is 3.17. The maximum Gasteiger partial charge on any atom is 0.276 e. The van der Waals surface area contributed by atoms with Gasteiger partial charge in [0.25, 0.3) is 5.22 Å². The average molecular weight is 320 g/mol. The van der Waals surface area contributed by atoms with Crippen LogP contribution in [0, 0.1) is 0 Å². The second-order valence-corrected chi connectivity index (χ2v) is 6.50. The van der Waals surface area contributed by atoms with E-state index in [2.05, 4.69) is 10.2 Å². The number of nitrogens with zero attached hydrogens (tertiary/aromatic N) is 2. The van der Waals surface area contributed by atoms with Crippen molar-refractivity contribution in [3.05, 3.63) is 35.7 Å². The molecule has 5 nitrogen and oxygen atoms in total. The van der Waals surface area contributed by atoms with Gasteiger partial charge in [-0.05, 0) is 25.3 Å². The molecule has 22 heavy (non-hydrogen) atoms. The molecule has 2 atom stereocenters. The maximum absolute atomic E-state index is 5.77. The predicted octanol–water partition coefficient (Wildman–Crippen LogP) is 3.33. The summed E-state index contributed by atoms with van der Waals surface area (Å²) < 4.78 is 16.6. The Labute approximate surface area is 134 Å². The lowest BCUT2D eigenvalue weighted by Gasteiger charge is -2.14. The van der Waals surface area contributed by atoms with Crippen molar-refractivity contribution in [2.75, 3.05) is 14.2 Å². The quantitative estimate of drug-likeness (QED) is 0.814. The molecular weight excluding hydrogens is 300 g/mol. The normalized spacial score (nSPS) is 21.2. The van der Waals surface area contributed by atoms with Crippen LogP contribution in [0.4, 0.5) is 0 Å².